The van der Waals surface area contributed by atoms with E-state index in [1.54, 1.807) is 0 Å². The first kappa shape index (κ1) is 10.3. The summed E-state index contributed by atoms with van der Waals surface area (Å²) in [6.07, 6.45) is -1.25. The maximum atomic E-state index is 12.5. The number of hydrogen-bond donors (Lipinski definition) is 2. The summed E-state index contributed by atoms with van der Waals surface area (Å²) in [7, 11) is 0. The molecular formula is C7H7F2N3O2. The molecular weight excluding hydrogens is 196 g/mol. The Balaban J connectivity index is 2.81. The number of carbonyl (C=O) groups is 1. The molecule has 0 spiro atoms. The molecule has 0 bridgehead atoms. The fourth-order valence-corrected chi connectivity index (χ4v) is 0.747. The van der Waals surface area contributed by atoms with Crippen LogP contribution in [0.15, 0.2) is 6.07 Å². The molecule has 0 saturated heterocycles. The zero-order valence-electron chi connectivity index (χ0n) is 7.16. The van der Waals surface area contributed by atoms with Crippen molar-refractivity contribution in [2.45, 2.75) is 13.0 Å². The Morgan fingerprint density at radius 1 is 1.57 bits per heavy atom. The monoisotopic (exact) mass is 203 g/mol. The number of nitrogens with one attached hydrogen (secondary N) is 1. The van der Waals surface area contributed by atoms with Gasteiger partial charge in [-0.2, -0.15) is 18.7 Å². The summed E-state index contributed by atoms with van der Waals surface area (Å²) in [5.74, 6) is -2.41. The molecule has 76 valence electrons. The summed E-state index contributed by atoms with van der Waals surface area (Å²) in [4.78, 5) is 16.3. The minimum atomic E-state index is -1.25. The molecule has 1 aromatic heterocycles. The molecule has 2 N–H and O–H groups in total. The molecule has 1 aromatic rings. The summed E-state index contributed by atoms with van der Waals surface area (Å²) in [6, 6.07) is -0.175. The summed E-state index contributed by atoms with van der Waals surface area (Å²) >= 11 is 0. The molecule has 1 heterocycles. The van der Waals surface area contributed by atoms with Gasteiger partial charge in [0.05, 0.1) is 0 Å². The quantitative estimate of drug-likeness (QED) is 0.557. The number of carboxylic acids is 1. The van der Waals surface area contributed by atoms with Gasteiger partial charge in [-0.15, -0.1) is 0 Å². The highest BCUT2D eigenvalue weighted by Crippen LogP contribution is 2.06. The number of aliphatic carboxylic acids is 1. The van der Waals surface area contributed by atoms with Crippen LogP contribution < -0.4 is 5.32 Å². The molecule has 0 aliphatic heterocycles. The molecule has 14 heavy (non-hydrogen) atoms. The van der Waals surface area contributed by atoms with Crippen LogP contribution in [0, 0.1) is 12.0 Å². The average molecular weight is 203 g/mol. The van der Waals surface area contributed by atoms with E-state index in [9.17, 15) is 13.6 Å². The number of carboxylic acid groups (broad SMARTS) is 1. The largest absolute Gasteiger partial charge is 0.480 e. The molecule has 1 rings (SSSR count). The van der Waals surface area contributed by atoms with Crippen LogP contribution in [0.1, 0.15) is 6.92 Å². The molecule has 0 unspecified atom stereocenters. The summed E-state index contributed by atoms with van der Waals surface area (Å²) in [6.45, 7) is 1.32. The molecule has 1 atom stereocenters. The second-order valence-electron chi connectivity index (χ2n) is 2.55. The van der Waals surface area contributed by atoms with E-state index in [-0.39, 0.29) is 5.82 Å². The minimum absolute atomic E-state index is 0.204. The molecule has 0 aromatic carbocycles. The van der Waals surface area contributed by atoms with E-state index in [0.717, 1.165) is 6.07 Å². The van der Waals surface area contributed by atoms with Crippen molar-refractivity contribution in [1.29, 1.82) is 0 Å². The third kappa shape index (κ3) is 2.61. The van der Waals surface area contributed by atoms with Crippen LogP contribution in [0.5, 0.6) is 0 Å². The maximum Gasteiger partial charge on any atom is 0.325 e. The van der Waals surface area contributed by atoms with Crippen molar-refractivity contribution in [2.75, 3.05) is 5.32 Å². The van der Waals surface area contributed by atoms with Crippen molar-refractivity contribution in [3.05, 3.63) is 18.1 Å². The zero-order valence-corrected chi connectivity index (χ0v) is 7.16. The van der Waals surface area contributed by atoms with Crippen LogP contribution in [0.3, 0.4) is 0 Å². The molecule has 0 saturated carbocycles. The predicted molar refractivity (Wildman–Crippen MR) is 42.7 cm³/mol. The van der Waals surface area contributed by atoms with E-state index in [0.29, 0.717) is 0 Å². The lowest BCUT2D eigenvalue weighted by Crippen LogP contribution is -2.26. The van der Waals surface area contributed by atoms with Crippen molar-refractivity contribution >= 4 is 11.8 Å². The number of hydrogen-bond acceptors (Lipinski definition) is 4. The van der Waals surface area contributed by atoms with Crippen molar-refractivity contribution in [3.63, 3.8) is 0 Å². The van der Waals surface area contributed by atoms with Crippen LogP contribution in [0.2, 0.25) is 0 Å². The topological polar surface area (TPSA) is 75.1 Å². The van der Waals surface area contributed by atoms with E-state index in [1.165, 1.54) is 6.92 Å². The molecule has 7 heteroatoms. The average Bonchev–Trinajstić information content (AvgIpc) is 2.01. The van der Waals surface area contributed by atoms with Gasteiger partial charge in [-0.05, 0) is 6.92 Å². The fourth-order valence-electron chi connectivity index (χ4n) is 0.747. The van der Waals surface area contributed by atoms with Gasteiger partial charge in [-0.1, -0.05) is 0 Å². The first-order valence-electron chi connectivity index (χ1n) is 3.68. The Kier molecular flexibility index (Phi) is 2.90. The molecule has 0 radical (unpaired) electrons. The highest BCUT2D eigenvalue weighted by atomic mass is 19.1. The number of anilines is 1. The molecule has 5 nitrogen and oxygen atoms in total. The second-order valence-corrected chi connectivity index (χ2v) is 2.55. The van der Waals surface area contributed by atoms with Crippen LogP contribution >= 0.6 is 0 Å². The molecule has 0 aliphatic carbocycles. The van der Waals surface area contributed by atoms with Crippen LogP contribution in [0.4, 0.5) is 14.6 Å². The molecule has 0 aliphatic rings. The second kappa shape index (κ2) is 3.95. The number of rotatable bonds is 3. The van der Waals surface area contributed by atoms with Gasteiger partial charge in [0.15, 0.2) is 0 Å². The van der Waals surface area contributed by atoms with Gasteiger partial charge >= 0.3 is 12.0 Å². The number of aromatic nitrogens is 2. The Morgan fingerprint density at radius 2 is 2.21 bits per heavy atom. The summed E-state index contributed by atoms with van der Waals surface area (Å²) in [5.41, 5.74) is 0. The van der Waals surface area contributed by atoms with Crippen LogP contribution in [0.25, 0.3) is 0 Å². The Bertz CT molecular complexity index is 339. The van der Waals surface area contributed by atoms with Crippen molar-refractivity contribution < 1.29 is 18.7 Å². The first-order valence-corrected chi connectivity index (χ1v) is 3.68. The maximum absolute atomic E-state index is 12.5. The lowest BCUT2D eigenvalue weighted by molar-refractivity contribution is -0.137. The minimum Gasteiger partial charge on any atom is -0.480 e. The van der Waals surface area contributed by atoms with E-state index in [4.69, 9.17) is 5.11 Å². The van der Waals surface area contributed by atoms with E-state index in [1.807, 2.05) is 0 Å². The standard InChI is InChI=1S/C7H7F2N3O2/c1-3(6(13)14)10-5-2-4(8)11-7(9)12-5/h2-3H,1H3,(H,13,14)(H,10,11,12)/t3-/m1/s1. The van der Waals surface area contributed by atoms with Gasteiger partial charge in [0.1, 0.15) is 11.9 Å². The lowest BCUT2D eigenvalue weighted by atomic mass is 10.3. The summed E-state index contributed by atoms with van der Waals surface area (Å²) < 4.78 is 24.9. The van der Waals surface area contributed by atoms with Gasteiger partial charge in [-0.3, -0.25) is 4.79 Å². The third-order valence-corrected chi connectivity index (χ3v) is 1.40. The molecule has 0 fully saturated rings. The highest BCUT2D eigenvalue weighted by Gasteiger charge is 2.12. The van der Waals surface area contributed by atoms with Crippen molar-refractivity contribution in [3.8, 4) is 0 Å². The Labute approximate surface area is 77.8 Å². The van der Waals surface area contributed by atoms with Gasteiger partial charge in [-0.25, -0.2) is 0 Å². The van der Waals surface area contributed by atoms with E-state index in [2.05, 4.69) is 15.3 Å². The van der Waals surface area contributed by atoms with Crippen LogP contribution in [-0.4, -0.2) is 27.1 Å². The van der Waals surface area contributed by atoms with Crippen molar-refractivity contribution in [1.82, 2.24) is 9.97 Å². The van der Waals surface area contributed by atoms with Gasteiger partial charge < -0.3 is 10.4 Å². The Morgan fingerprint density at radius 3 is 2.71 bits per heavy atom. The van der Waals surface area contributed by atoms with Crippen LogP contribution in [-0.2, 0) is 4.79 Å². The molecule has 0 amide bonds. The van der Waals surface area contributed by atoms with E-state index >= 15 is 0 Å². The zero-order chi connectivity index (χ0) is 10.7. The van der Waals surface area contributed by atoms with Crippen molar-refractivity contribution in [2.24, 2.45) is 0 Å². The Hall–Kier alpha value is -1.79. The first-order chi connectivity index (χ1) is 6.49. The van der Waals surface area contributed by atoms with Gasteiger partial charge in [0, 0.05) is 6.07 Å². The lowest BCUT2D eigenvalue weighted by Gasteiger charge is -2.08. The highest BCUT2D eigenvalue weighted by molar-refractivity contribution is 5.76. The predicted octanol–water partition coefficient (Wildman–Crippen LogP) is 0.640. The number of nitrogens with zero attached hydrogens (tertiary/aromatic N) is 2. The van der Waals surface area contributed by atoms with Gasteiger partial charge in [0.25, 0.3) is 0 Å². The smallest absolute Gasteiger partial charge is 0.325 e. The summed E-state index contributed by atoms with van der Waals surface area (Å²) in [5, 5.41) is 10.8. The number of halogens is 2. The van der Waals surface area contributed by atoms with Gasteiger partial charge in [0.2, 0.25) is 5.95 Å². The fraction of sp³-hybridized carbons (Fsp3) is 0.286. The third-order valence-electron chi connectivity index (χ3n) is 1.40. The SMILES string of the molecule is C[C@@H](Nc1cc(F)nc(F)n1)C(=O)O. The van der Waals surface area contributed by atoms with E-state index < -0.39 is 24.0 Å². The normalized spacial score (nSPS) is 12.2.